The van der Waals surface area contributed by atoms with E-state index in [9.17, 15) is 9.59 Å². The summed E-state index contributed by atoms with van der Waals surface area (Å²) in [5, 5.41) is 4.85. The molecule has 9 heteroatoms. The van der Waals surface area contributed by atoms with Gasteiger partial charge in [-0.3, -0.25) is 9.59 Å². The molecule has 0 unspecified atom stereocenters. The number of benzene rings is 2. The van der Waals surface area contributed by atoms with Gasteiger partial charge in [0.05, 0.1) is 25.0 Å². The summed E-state index contributed by atoms with van der Waals surface area (Å²) in [4.78, 5) is 22.9. The number of ether oxygens (including phenoxy) is 3. The number of nitrogens with zero attached hydrogens (tertiary/aromatic N) is 1. The third-order valence-electron chi connectivity index (χ3n) is 3.54. The zero-order chi connectivity index (χ0) is 21.2. The lowest BCUT2D eigenvalue weighted by molar-refractivity contribution is -0.132. The Hall–Kier alpha value is -2.77. The lowest BCUT2D eigenvalue weighted by Gasteiger charge is -2.08. The summed E-state index contributed by atoms with van der Waals surface area (Å²) < 4.78 is 15.7. The second-order valence-corrected chi connectivity index (χ2v) is 6.67. The summed E-state index contributed by atoms with van der Waals surface area (Å²) in [5.41, 5.74) is 3.10. The highest BCUT2D eigenvalue weighted by Gasteiger charge is 2.07. The molecule has 0 saturated carbocycles. The number of hydrogen-bond donors (Lipinski definition) is 1. The molecule has 0 heterocycles. The minimum Gasteiger partial charge on any atom is -0.493 e. The normalized spacial score (nSPS) is 10.6. The smallest absolute Gasteiger partial charge is 0.308 e. The second kappa shape index (κ2) is 11.3. The molecule has 0 aromatic heterocycles. The van der Waals surface area contributed by atoms with Crippen LogP contribution in [-0.4, -0.2) is 31.8 Å². The van der Waals surface area contributed by atoms with Gasteiger partial charge in [0.25, 0.3) is 0 Å². The number of esters is 1. The highest BCUT2D eigenvalue weighted by molar-refractivity contribution is 6.35. The van der Waals surface area contributed by atoms with Gasteiger partial charge in [-0.1, -0.05) is 23.2 Å². The third-order valence-corrected chi connectivity index (χ3v) is 4.07. The Morgan fingerprint density at radius 3 is 2.55 bits per heavy atom. The molecular weight excluding hydrogens is 419 g/mol. The summed E-state index contributed by atoms with van der Waals surface area (Å²) in [6.45, 7) is 1.63. The van der Waals surface area contributed by atoms with Crippen molar-refractivity contribution in [1.82, 2.24) is 5.43 Å². The molecule has 0 saturated heterocycles. The van der Waals surface area contributed by atoms with Crippen molar-refractivity contribution in [3.8, 4) is 17.2 Å². The summed E-state index contributed by atoms with van der Waals surface area (Å²) in [6, 6.07) is 9.85. The van der Waals surface area contributed by atoms with Gasteiger partial charge >= 0.3 is 5.97 Å². The van der Waals surface area contributed by atoms with Gasteiger partial charge in [-0.25, -0.2) is 5.43 Å². The lowest BCUT2D eigenvalue weighted by atomic mass is 10.2. The molecule has 154 valence electrons. The lowest BCUT2D eigenvalue weighted by Crippen LogP contribution is -2.18. The van der Waals surface area contributed by atoms with E-state index in [0.29, 0.717) is 45.9 Å². The SMILES string of the molecule is COc1cc(/C=N/NC(=O)CCCOc2ccc(Cl)cc2Cl)ccc1OC(C)=O. The average Bonchev–Trinajstić information content (AvgIpc) is 2.67. The van der Waals surface area contributed by atoms with E-state index in [1.807, 2.05) is 0 Å². The highest BCUT2D eigenvalue weighted by Crippen LogP contribution is 2.28. The van der Waals surface area contributed by atoms with Gasteiger partial charge < -0.3 is 14.2 Å². The minimum atomic E-state index is -0.445. The fraction of sp³-hybridized carbons (Fsp3) is 0.250. The van der Waals surface area contributed by atoms with Crippen LogP contribution in [0, 0.1) is 0 Å². The quantitative estimate of drug-likeness (QED) is 0.208. The number of carbonyl (C=O) groups is 2. The summed E-state index contributed by atoms with van der Waals surface area (Å²) >= 11 is 11.8. The largest absolute Gasteiger partial charge is 0.493 e. The van der Waals surface area contributed by atoms with E-state index in [1.54, 1.807) is 36.4 Å². The molecule has 0 bridgehead atoms. The third kappa shape index (κ3) is 7.63. The molecule has 2 rings (SSSR count). The molecule has 0 spiro atoms. The van der Waals surface area contributed by atoms with Gasteiger partial charge in [0, 0.05) is 18.4 Å². The number of hydrazone groups is 1. The van der Waals surface area contributed by atoms with Crippen LogP contribution in [-0.2, 0) is 9.59 Å². The summed E-state index contributed by atoms with van der Waals surface area (Å²) in [6.07, 6.45) is 2.18. The first kappa shape index (κ1) is 22.5. The maximum atomic E-state index is 11.8. The number of halogens is 2. The molecule has 0 fully saturated rings. The summed E-state index contributed by atoms with van der Waals surface area (Å²) in [5.74, 6) is 0.506. The van der Waals surface area contributed by atoms with Crippen LogP contribution in [0.4, 0.5) is 0 Å². The molecule has 0 aliphatic carbocycles. The van der Waals surface area contributed by atoms with E-state index in [4.69, 9.17) is 37.4 Å². The van der Waals surface area contributed by atoms with Crippen molar-refractivity contribution in [2.75, 3.05) is 13.7 Å². The summed E-state index contributed by atoms with van der Waals surface area (Å²) in [7, 11) is 1.46. The van der Waals surface area contributed by atoms with Gasteiger partial charge in [0.15, 0.2) is 11.5 Å². The standard InChI is InChI=1S/C20H20Cl2N2O5/c1-13(25)29-18-7-5-14(10-19(18)27-2)12-23-24-20(26)4-3-9-28-17-8-6-15(21)11-16(17)22/h5-8,10-12H,3-4,9H2,1-2H3,(H,24,26)/b23-12+. The van der Waals surface area contributed by atoms with Crippen molar-refractivity contribution >= 4 is 41.3 Å². The Kier molecular flexibility index (Phi) is 8.76. The fourth-order valence-electron chi connectivity index (χ4n) is 2.25. The van der Waals surface area contributed by atoms with E-state index in [1.165, 1.54) is 20.2 Å². The van der Waals surface area contributed by atoms with E-state index in [-0.39, 0.29) is 12.3 Å². The molecule has 2 aromatic rings. The number of nitrogens with one attached hydrogen (secondary N) is 1. The molecule has 0 aliphatic heterocycles. The Bertz CT molecular complexity index is 902. The topological polar surface area (TPSA) is 86.2 Å². The zero-order valence-electron chi connectivity index (χ0n) is 15.9. The average molecular weight is 439 g/mol. The van der Waals surface area contributed by atoms with Crippen molar-refractivity contribution in [3.63, 3.8) is 0 Å². The van der Waals surface area contributed by atoms with Crippen LogP contribution in [0.2, 0.25) is 10.0 Å². The van der Waals surface area contributed by atoms with Gasteiger partial charge in [0.2, 0.25) is 5.91 Å². The maximum Gasteiger partial charge on any atom is 0.308 e. The maximum absolute atomic E-state index is 11.8. The molecule has 0 atom stereocenters. The molecule has 0 aliphatic rings. The monoisotopic (exact) mass is 438 g/mol. The van der Waals surface area contributed by atoms with Crippen molar-refractivity contribution < 1.29 is 23.8 Å². The number of hydrogen-bond acceptors (Lipinski definition) is 6. The van der Waals surface area contributed by atoms with Crippen LogP contribution in [0.3, 0.4) is 0 Å². The Morgan fingerprint density at radius 2 is 1.86 bits per heavy atom. The Labute approximate surface area is 178 Å². The first-order chi connectivity index (χ1) is 13.9. The van der Waals surface area contributed by atoms with E-state index < -0.39 is 5.97 Å². The Morgan fingerprint density at radius 1 is 1.10 bits per heavy atom. The molecule has 2 aromatic carbocycles. The minimum absolute atomic E-state index is 0.233. The van der Waals surface area contributed by atoms with Crippen LogP contribution in [0.25, 0.3) is 0 Å². The predicted octanol–water partition coefficient (Wildman–Crippen LogP) is 4.24. The molecule has 7 nitrogen and oxygen atoms in total. The van der Waals surface area contributed by atoms with Crippen molar-refractivity contribution in [2.45, 2.75) is 19.8 Å². The number of carbonyl (C=O) groups excluding carboxylic acids is 2. The number of amides is 1. The molecule has 1 N–H and O–H groups in total. The van der Waals surface area contributed by atoms with E-state index in [2.05, 4.69) is 10.5 Å². The zero-order valence-corrected chi connectivity index (χ0v) is 17.4. The molecule has 0 radical (unpaired) electrons. The number of methoxy groups -OCH3 is 1. The first-order valence-electron chi connectivity index (χ1n) is 8.65. The van der Waals surface area contributed by atoms with Crippen LogP contribution >= 0.6 is 23.2 Å². The van der Waals surface area contributed by atoms with Crippen molar-refractivity contribution in [3.05, 3.63) is 52.0 Å². The second-order valence-electron chi connectivity index (χ2n) is 5.82. The molecular formula is C20H20Cl2N2O5. The Balaban J connectivity index is 1.77. The predicted molar refractivity (Wildman–Crippen MR) is 111 cm³/mol. The first-order valence-corrected chi connectivity index (χ1v) is 9.41. The number of rotatable bonds is 9. The molecule has 1 amide bonds. The highest BCUT2D eigenvalue weighted by atomic mass is 35.5. The van der Waals surface area contributed by atoms with E-state index in [0.717, 1.165) is 0 Å². The van der Waals surface area contributed by atoms with Gasteiger partial charge in [0.1, 0.15) is 5.75 Å². The van der Waals surface area contributed by atoms with Gasteiger partial charge in [-0.2, -0.15) is 5.10 Å². The van der Waals surface area contributed by atoms with Crippen LogP contribution in [0.5, 0.6) is 17.2 Å². The van der Waals surface area contributed by atoms with Crippen LogP contribution in [0.1, 0.15) is 25.3 Å². The van der Waals surface area contributed by atoms with Crippen LogP contribution < -0.4 is 19.6 Å². The van der Waals surface area contributed by atoms with Crippen LogP contribution in [0.15, 0.2) is 41.5 Å². The van der Waals surface area contributed by atoms with E-state index >= 15 is 0 Å². The van der Waals surface area contributed by atoms with Crippen molar-refractivity contribution in [2.24, 2.45) is 5.10 Å². The van der Waals surface area contributed by atoms with Gasteiger partial charge in [-0.15, -0.1) is 0 Å². The van der Waals surface area contributed by atoms with Gasteiger partial charge in [-0.05, 0) is 48.4 Å². The molecule has 29 heavy (non-hydrogen) atoms. The van der Waals surface area contributed by atoms with Crippen molar-refractivity contribution in [1.29, 1.82) is 0 Å². The fourth-order valence-corrected chi connectivity index (χ4v) is 2.71.